The average molecular weight is 319 g/mol. The first-order valence-corrected chi connectivity index (χ1v) is 8.47. The fraction of sp³-hybridized carbons (Fsp3) is 0.611. The maximum Gasteiger partial charge on any atom is 0.236 e. The van der Waals surface area contributed by atoms with Gasteiger partial charge in [-0.25, -0.2) is 0 Å². The van der Waals surface area contributed by atoms with Gasteiger partial charge < -0.3 is 15.0 Å². The molecule has 1 atom stereocenters. The van der Waals surface area contributed by atoms with Crippen molar-refractivity contribution >= 4 is 5.91 Å². The van der Waals surface area contributed by atoms with E-state index in [4.69, 9.17) is 4.74 Å². The molecule has 1 N–H and O–H groups in total. The van der Waals surface area contributed by atoms with Crippen LogP contribution in [0, 0.1) is 0 Å². The second kappa shape index (κ2) is 8.89. The molecule has 2 rings (SSSR count). The third-order valence-electron chi connectivity index (χ3n) is 4.35. The number of ether oxygens (including phenoxy) is 1. The van der Waals surface area contributed by atoms with Crippen LogP contribution < -0.4 is 10.1 Å². The van der Waals surface area contributed by atoms with Gasteiger partial charge in [0.05, 0.1) is 13.2 Å². The zero-order chi connectivity index (χ0) is 16.7. The number of benzene rings is 1. The van der Waals surface area contributed by atoms with Crippen molar-refractivity contribution in [3.05, 3.63) is 29.8 Å². The zero-order valence-corrected chi connectivity index (χ0v) is 14.5. The predicted molar refractivity (Wildman–Crippen MR) is 92.6 cm³/mol. The second-order valence-electron chi connectivity index (χ2n) is 6.19. The normalized spacial score (nSPS) is 18.7. The first-order chi connectivity index (χ1) is 11.1. The van der Waals surface area contributed by atoms with Crippen molar-refractivity contribution in [2.24, 2.45) is 0 Å². The van der Waals surface area contributed by atoms with Crippen LogP contribution in [-0.2, 0) is 11.3 Å². The van der Waals surface area contributed by atoms with Crippen molar-refractivity contribution in [3.63, 3.8) is 0 Å². The summed E-state index contributed by atoms with van der Waals surface area (Å²) in [5.74, 6) is 1.05. The molecular weight excluding hydrogens is 290 g/mol. The predicted octanol–water partition coefficient (Wildman–Crippen LogP) is 1.73. The third-order valence-corrected chi connectivity index (χ3v) is 4.35. The highest BCUT2D eigenvalue weighted by molar-refractivity contribution is 5.78. The standard InChI is InChI=1S/C18H29N3O2/c1-4-23-17-9-7-15(8-10-17)12-20(3)18(22)14-21-11-5-6-16(13-21)19-2/h7-10,16,19H,4-6,11-14H2,1-3H3. The van der Waals surface area contributed by atoms with Crippen LogP contribution >= 0.6 is 0 Å². The lowest BCUT2D eigenvalue weighted by molar-refractivity contribution is -0.132. The van der Waals surface area contributed by atoms with E-state index in [1.165, 1.54) is 6.42 Å². The Kier molecular flexibility index (Phi) is 6.86. The van der Waals surface area contributed by atoms with Gasteiger partial charge in [-0.1, -0.05) is 12.1 Å². The molecule has 0 radical (unpaired) electrons. The number of likely N-dealkylation sites (N-methyl/N-ethyl adjacent to an activating group) is 2. The molecule has 0 spiro atoms. The van der Waals surface area contributed by atoms with Crippen LogP contribution in [0.1, 0.15) is 25.3 Å². The van der Waals surface area contributed by atoms with Gasteiger partial charge in [0.15, 0.2) is 0 Å². The lowest BCUT2D eigenvalue weighted by atomic mass is 10.1. The van der Waals surface area contributed by atoms with Crippen LogP contribution in [0.25, 0.3) is 0 Å². The average Bonchev–Trinajstić information content (AvgIpc) is 2.57. The Morgan fingerprint density at radius 2 is 2.13 bits per heavy atom. The van der Waals surface area contributed by atoms with Crippen molar-refractivity contribution in [2.45, 2.75) is 32.4 Å². The van der Waals surface area contributed by atoms with Gasteiger partial charge in [-0.15, -0.1) is 0 Å². The monoisotopic (exact) mass is 319 g/mol. The maximum absolute atomic E-state index is 12.4. The van der Waals surface area contributed by atoms with Gasteiger partial charge in [0, 0.05) is 26.2 Å². The molecule has 1 saturated heterocycles. The molecule has 1 heterocycles. The van der Waals surface area contributed by atoms with Crippen LogP contribution in [0.3, 0.4) is 0 Å². The molecule has 5 nitrogen and oxygen atoms in total. The number of piperidine rings is 1. The van der Waals surface area contributed by atoms with E-state index in [9.17, 15) is 4.79 Å². The summed E-state index contributed by atoms with van der Waals surface area (Å²) in [6, 6.07) is 8.46. The summed E-state index contributed by atoms with van der Waals surface area (Å²) >= 11 is 0. The first-order valence-electron chi connectivity index (χ1n) is 8.47. The van der Waals surface area contributed by atoms with Crippen LogP contribution in [0.2, 0.25) is 0 Å². The molecule has 1 amide bonds. The fourth-order valence-electron chi connectivity index (χ4n) is 2.97. The van der Waals surface area contributed by atoms with Crippen molar-refractivity contribution in [1.82, 2.24) is 15.1 Å². The Morgan fingerprint density at radius 3 is 2.78 bits per heavy atom. The summed E-state index contributed by atoms with van der Waals surface area (Å²) in [6.07, 6.45) is 2.35. The van der Waals surface area contributed by atoms with Crippen LogP contribution in [-0.4, -0.2) is 62.1 Å². The molecule has 1 unspecified atom stereocenters. The molecule has 1 aromatic rings. The van der Waals surface area contributed by atoms with Crippen LogP contribution in [0.4, 0.5) is 0 Å². The fourth-order valence-corrected chi connectivity index (χ4v) is 2.97. The molecule has 1 aromatic carbocycles. The van der Waals surface area contributed by atoms with Gasteiger partial charge in [0.2, 0.25) is 5.91 Å². The van der Waals surface area contributed by atoms with E-state index in [0.717, 1.165) is 30.8 Å². The zero-order valence-electron chi connectivity index (χ0n) is 14.5. The van der Waals surface area contributed by atoms with E-state index in [1.54, 1.807) is 4.90 Å². The molecule has 1 aliphatic rings. The maximum atomic E-state index is 12.4. The van der Waals surface area contributed by atoms with Crippen LogP contribution in [0.5, 0.6) is 5.75 Å². The summed E-state index contributed by atoms with van der Waals surface area (Å²) in [5, 5.41) is 3.31. The van der Waals surface area contributed by atoms with Gasteiger partial charge in [-0.2, -0.15) is 0 Å². The molecule has 1 aliphatic heterocycles. The number of nitrogens with zero attached hydrogens (tertiary/aromatic N) is 2. The third kappa shape index (κ3) is 5.52. The molecule has 0 saturated carbocycles. The Balaban J connectivity index is 1.82. The molecular formula is C18H29N3O2. The van der Waals surface area contributed by atoms with Crippen molar-refractivity contribution < 1.29 is 9.53 Å². The molecule has 5 heteroatoms. The summed E-state index contributed by atoms with van der Waals surface area (Å²) in [5.41, 5.74) is 1.12. The number of carbonyl (C=O) groups excluding carboxylic acids is 1. The Hall–Kier alpha value is -1.59. The minimum absolute atomic E-state index is 0.177. The number of rotatable bonds is 7. The van der Waals surface area contributed by atoms with Gasteiger partial charge in [0.25, 0.3) is 0 Å². The summed E-state index contributed by atoms with van der Waals surface area (Å²) < 4.78 is 5.44. The molecule has 0 aliphatic carbocycles. The SMILES string of the molecule is CCOc1ccc(CN(C)C(=O)CN2CCCC(NC)C2)cc1. The quantitative estimate of drug-likeness (QED) is 0.831. The van der Waals surface area contributed by atoms with E-state index in [1.807, 2.05) is 45.3 Å². The number of carbonyl (C=O) groups is 1. The Bertz CT molecular complexity index is 490. The number of amides is 1. The Morgan fingerprint density at radius 1 is 1.39 bits per heavy atom. The largest absolute Gasteiger partial charge is 0.494 e. The number of hydrogen-bond donors (Lipinski definition) is 1. The molecule has 23 heavy (non-hydrogen) atoms. The summed E-state index contributed by atoms with van der Waals surface area (Å²) in [7, 11) is 3.87. The van der Waals surface area contributed by atoms with E-state index < -0.39 is 0 Å². The molecule has 0 aromatic heterocycles. The van der Waals surface area contributed by atoms with Gasteiger partial charge >= 0.3 is 0 Å². The Labute approximate surface area is 139 Å². The smallest absolute Gasteiger partial charge is 0.236 e. The number of hydrogen-bond acceptors (Lipinski definition) is 4. The van der Waals surface area contributed by atoms with Crippen molar-refractivity contribution in [1.29, 1.82) is 0 Å². The van der Waals surface area contributed by atoms with E-state index in [2.05, 4.69) is 10.2 Å². The van der Waals surface area contributed by atoms with Crippen molar-refractivity contribution in [2.75, 3.05) is 40.3 Å². The highest BCUT2D eigenvalue weighted by atomic mass is 16.5. The van der Waals surface area contributed by atoms with E-state index in [-0.39, 0.29) is 5.91 Å². The lowest BCUT2D eigenvalue weighted by Crippen LogP contribution is -2.48. The first kappa shape index (κ1) is 17.8. The van der Waals surface area contributed by atoms with Gasteiger partial charge in [-0.3, -0.25) is 9.69 Å². The molecule has 1 fully saturated rings. The molecule has 0 bridgehead atoms. The van der Waals surface area contributed by atoms with E-state index in [0.29, 0.717) is 25.7 Å². The summed E-state index contributed by atoms with van der Waals surface area (Å²) in [4.78, 5) is 16.5. The topological polar surface area (TPSA) is 44.8 Å². The summed E-state index contributed by atoms with van der Waals surface area (Å²) in [6.45, 7) is 5.75. The van der Waals surface area contributed by atoms with E-state index >= 15 is 0 Å². The number of likely N-dealkylation sites (tertiary alicyclic amines) is 1. The van der Waals surface area contributed by atoms with Gasteiger partial charge in [-0.05, 0) is 51.1 Å². The van der Waals surface area contributed by atoms with Gasteiger partial charge in [0.1, 0.15) is 5.75 Å². The minimum atomic E-state index is 0.177. The van der Waals surface area contributed by atoms with Crippen LogP contribution in [0.15, 0.2) is 24.3 Å². The highest BCUT2D eigenvalue weighted by Gasteiger charge is 2.21. The number of nitrogens with one attached hydrogen (secondary N) is 1. The lowest BCUT2D eigenvalue weighted by Gasteiger charge is -2.33. The second-order valence-corrected chi connectivity index (χ2v) is 6.19. The van der Waals surface area contributed by atoms with Crippen molar-refractivity contribution in [3.8, 4) is 5.75 Å². The highest BCUT2D eigenvalue weighted by Crippen LogP contribution is 2.14. The molecule has 128 valence electrons. The minimum Gasteiger partial charge on any atom is -0.494 e.